The second kappa shape index (κ2) is 4.73. The van der Waals surface area contributed by atoms with Crippen molar-refractivity contribution >= 4 is 11.5 Å². The van der Waals surface area contributed by atoms with Gasteiger partial charge >= 0.3 is 0 Å². The molecular formula is C12H14N5O. The Balaban J connectivity index is 1.73. The van der Waals surface area contributed by atoms with E-state index < -0.39 is 0 Å². The Bertz CT molecular complexity index is 533. The largest absolute Gasteiger partial charge is 0.379 e. The summed E-state index contributed by atoms with van der Waals surface area (Å²) in [5.41, 5.74) is 0.911. The van der Waals surface area contributed by atoms with Crippen molar-refractivity contribution in [3.05, 3.63) is 30.5 Å². The molecule has 6 heteroatoms. The summed E-state index contributed by atoms with van der Waals surface area (Å²) in [4.78, 5) is 8.20. The number of aryl methyl sites for hydroxylation is 1. The number of nitrogens with one attached hydrogen (secondary N) is 1. The lowest BCUT2D eigenvalue weighted by molar-refractivity contribution is 0.184. The van der Waals surface area contributed by atoms with E-state index in [4.69, 9.17) is 4.74 Å². The molecule has 3 rings (SSSR count). The van der Waals surface area contributed by atoms with Crippen LogP contribution in [0.2, 0.25) is 0 Å². The zero-order valence-electron chi connectivity index (χ0n) is 10.1. The molecule has 2 aromatic rings. The van der Waals surface area contributed by atoms with Crippen LogP contribution in [-0.2, 0) is 4.74 Å². The zero-order chi connectivity index (χ0) is 12.4. The Kier molecular flexibility index (Phi) is 2.93. The monoisotopic (exact) mass is 244 g/mol. The minimum absolute atomic E-state index is 0.347. The van der Waals surface area contributed by atoms with Crippen molar-refractivity contribution in [3.8, 4) is 0 Å². The zero-order valence-corrected chi connectivity index (χ0v) is 10.1. The minimum Gasteiger partial charge on any atom is -0.379 e. The second-order valence-electron chi connectivity index (χ2n) is 4.28. The Morgan fingerprint density at radius 2 is 2.50 bits per heavy atom. The lowest BCUT2D eigenvalue weighted by atomic mass is 10.3. The summed E-state index contributed by atoms with van der Waals surface area (Å²) in [5, 5.41) is 7.52. The van der Waals surface area contributed by atoms with E-state index in [1.165, 1.54) is 0 Å². The normalized spacial score (nSPS) is 19.1. The molecule has 0 amide bonds. The highest BCUT2D eigenvalue weighted by molar-refractivity contribution is 5.53. The number of ether oxygens (including phenoxy) is 1. The van der Waals surface area contributed by atoms with Crippen LogP contribution < -0.4 is 5.32 Å². The molecule has 6 nitrogen and oxygen atoms in total. The van der Waals surface area contributed by atoms with Crippen molar-refractivity contribution in [3.63, 3.8) is 0 Å². The van der Waals surface area contributed by atoms with Crippen LogP contribution in [0.25, 0.3) is 0 Å². The molecule has 3 heterocycles. The SMILES string of the molecule is Cc1n[c]cc(Nc2cnn(C3CCOC3)c2)n1. The maximum Gasteiger partial charge on any atom is 0.134 e. The van der Waals surface area contributed by atoms with Crippen molar-refractivity contribution in [2.45, 2.75) is 19.4 Å². The van der Waals surface area contributed by atoms with E-state index in [1.807, 2.05) is 17.8 Å². The molecule has 1 saturated heterocycles. The van der Waals surface area contributed by atoms with Gasteiger partial charge in [0.05, 0.1) is 30.7 Å². The minimum atomic E-state index is 0.347. The molecule has 1 radical (unpaired) electrons. The van der Waals surface area contributed by atoms with Gasteiger partial charge in [-0.05, 0) is 13.3 Å². The molecule has 1 atom stereocenters. The molecular weight excluding hydrogens is 230 g/mol. The molecule has 93 valence electrons. The summed E-state index contributed by atoms with van der Waals surface area (Å²) in [5.74, 6) is 1.42. The van der Waals surface area contributed by atoms with E-state index >= 15 is 0 Å². The molecule has 1 fully saturated rings. The van der Waals surface area contributed by atoms with Gasteiger partial charge in [-0.2, -0.15) is 5.10 Å². The molecule has 1 N–H and O–H groups in total. The van der Waals surface area contributed by atoms with Gasteiger partial charge in [-0.1, -0.05) is 0 Å². The highest BCUT2D eigenvalue weighted by Crippen LogP contribution is 2.20. The Hall–Kier alpha value is -1.95. The number of hydrogen-bond acceptors (Lipinski definition) is 5. The number of anilines is 2. The fourth-order valence-corrected chi connectivity index (χ4v) is 1.96. The Labute approximate surface area is 105 Å². The lowest BCUT2D eigenvalue weighted by Gasteiger charge is -2.07. The van der Waals surface area contributed by atoms with E-state index in [9.17, 15) is 0 Å². The number of hydrogen-bond donors (Lipinski definition) is 1. The molecule has 0 bridgehead atoms. The van der Waals surface area contributed by atoms with Crippen molar-refractivity contribution in [2.24, 2.45) is 0 Å². The predicted octanol–water partition coefficient (Wildman–Crippen LogP) is 1.49. The Morgan fingerprint density at radius 1 is 1.56 bits per heavy atom. The van der Waals surface area contributed by atoms with Crippen LogP contribution in [0.15, 0.2) is 18.5 Å². The summed E-state index contributed by atoms with van der Waals surface area (Å²) >= 11 is 0. The molecule has 0 saturated carbocycles. The standard InChI is InChI=1S/C12H14N5O/c1-9-13-4-2-12(15-9)16-10-6-14-17(7-10)11-3-5-18-8-11/h2,6-7,11H,3,5,8H2,1H3,(H,13,15,16). The highest BCUT2D eigenvalue weighted by Gasteiger charge is 2.18. The van der Waals surface area contributed by atoms with Gasteiger partial charge in [0.15, 0.2) is 0 Å². The topological polar surface area (TPSA) is 64.9 Å². The average molecular weight is 244 g/mol. The fourth-order valence-electron chi connectivity index (χ4n) is 1.96. The summed E-state index contributed by atoms with van der Waals surface area (Å²) in [6, 6.07) is 2.06. The van der Waals surface area contributed by atoms with Crippen LogP contribution in [-0.4, -0.2) is 33.0 Å². The van der Waals surface area contributed by atoms with E-state index in [1.54, 1.807) is 12.3 Å². The average Bonchev–Trinajstić information content (AvgIpc) is 2.98. The molecule has 1 unspecified atom stereocenters. The first-order valence-electron chi connectivity index (χ1n) is 5.92. The van der Waals surface area contributed by atoms with Gasteiger partial charge < -0.3 is 10.1 Å². The van der Waals surface area contributed by atoms with Crippen molar-refractivity contribution in [1.82, 2.24) is 19.7 Å². The van der Waals surface area contributed by atoms with Crippen LogP contribution in [0.5, 0.6) is 0 Å². The van der Waals surface area contributed by atoms with E-state index in [2.05, 4.69) is 26.6 Å². The maximum absolute atomic E-state index is 5.35. The molecule has 0 aliphatic carbocycles. The van der Waals surface area contributed by atoms with E-state index in [0.717, 1.165) is 31.1 Å². The molecule has 0 spiro atoms. The third kappa shape index (κ3) is 2.33. The summed E-state index contributed by atoms with van der Waals surface area (Å²) in [7, 11) is 0. The van der Waals surface area contributed by atoms with Gasteiger partial charge in [0.1, 0.15) is 11.6 Å². The van der Waals surface area contributed by atoms with Gasteiger partial charge in [-0.3, -0.25) is 4.68 Å². The van der Waals surface area contributed by atoms with Gasteiger partial charge in [0, 0.05) is 18.9 Å². The van der Waals surface area contributed by atoms with Crippen molar-refractivity contribution < 1.29 is 4.74 Å². The maximum atomic E-state index is 5.35. The Morgan fingerprint density at radius 3 is 3.28 bits per heavy atom. The molecule has 2 aromatic heterocycles. The lowest BCUT2D eigenvalue weighted by Crippen LogP contribution is -2.08. The first-order valence-corrected chi connectivity index (χ1v) is 5.92. The third-order valence-electron chi connectivity index (χ3n) is 2.86. The number of nitrogens with zero attached hydrogens (tertiary/aromatic N) is 4. The molecule has 0 aromatic carbocycles. The highest BCUT2D eigenvalue weighted by atomic mass is 16.5. The smallest absolute Gasteiger partial charge is 0.134 e. The van der Waals surface area contributed by atoms with E-state index in [0.29, 0.717) is 11.9 Å². The summed E-state index contributed by atoms with van der Waals surface area (Å²) in [6.07, 6.45) is 7.56. The number of rotatable bonds is 3. The first kappa shape index (κ1) is 11.2. The summed E-state index contributed by atoms with van der Waals surface area (Å²) < 4.78 is 7.29. The summed E-state index contributed by atoms with van der Waals surface area (Å²) in [6.45, 7) is 3.38. The first-order chi connectivity index (χ1) is 8.81. The van der Waals surface area contributed by atoms with Gasteiger partial charge in [-0.25, -0.2) is 9.97 Å². The third-order valence-corrected chi connectivity index (χ3v) is 2.86. The van der Waals surface area contributed by atoms with Crippen molar-refractivity contribution in [2.75, 3.05) is 18.5 Å². The fraction of sp³-hybridized carbons (Fsp3) is 0.417. The van der Waals surface area contributed by atoms with Gasteiger partial charge in [0.2, 0.25) is 0 Å². The molecule has 1 aliphatic rings. The molecule has 1 aliphatic heterocycles. The van der Waals surface area contributed by atoms with Crippen molar-refractivity contribution in [1.29, 1.82) is 0 Å². The van der Waals surface area contributed by atoms with Crippen LogP contribution in [0, 0.1) is 13.1 Å². The molecule has 18 heavy (non-hydrogen) atoms. The predicted molar refractivity (Wildman–Crippen MR) is 65.6 cm³/mol. The van der Waals surface area contributed by atoms with E-state index in [-0.39, 0.29) is 0 Å². The van der Waals surface area contributed by atoms with Crippen LogP contribution in [0.3, 0.4) is 0 Å². The quantitative estimate of drug-likeness (QED) is 0.886. The van der Waals surface area contributed by atoms with Crippen LogP contribution >= 0.6 is 0 Å². The van der Waals surface area contributed by atoms with Crippen LogP contribution in [0.1, 0.15) is 18.3 Å². The van der Waals surface area contributed by atoms with Gasteiger partial charge in [0.25, 0.3) is 0 Å². The number of aromatic nitrogens is 4. The second-order valence-corrected chi connectivity index (χ2v) is 4.28. The van der Waals surface area contributed by atoms with Crippen LogP contribution in [0.4, 0.5) is 11.5 Å². The van der Waals surface area contributed by atoms with Gasteiger partial charge in [-0.15, -0.1) is 0 Å².